The van der Waals surface area contributed by atoms with Crippen LogP contribution in [0.3, 0.4) is 0 Å². The van der Waals surface area contributed by atoms with Crippen molar-refractivity contribution in [1.29, 1.82) is 0 Å². The zero-order valence-corrected chi connectivity index (χ0v) is 7.53. The summed E-state index contributed by atoms with van der Waals surface area (Å²) in [6.07, 6.45) is 0. The highest BCUT2D eigenvalue weighted by Gasteiger charge is 2.10. The standard InChI is InChI=1S/C9H11F2NO/c1-12-5-6-3-7(10)4-8(11)9(6)13-2/h3-4,12H,5H2,1-2H3. The fraction of sp³-hybridized carbons (Fsp3) is 0.333. The largest absolute Gasteiger partial charge is 0.493 e. The Morgan fingerprint density at radius 3 is 2.62 bits per heavy atom. The van der Waals surface area contributed by atoms with Gasteiger partial charge in [0.25, 0.3) is 0 Å². The lowest BCUT2D eigenvalue weighted by molar-refractivity contribution is 0.377. The van der Waals surface area contributed by atoms with Crippen LogP contribution in [0.2, 0.25) is 0 Å². The van der Waals surface area contributed by atoms with Gasteiger partial charge in [-0.3, -0.25) is 0 Å². The summed E-state index contributed by atoms with van der Waals surface area (Å²) in [6.45, 7) is 0.373. The smallest absolute Gasteiger partial charge is 0.168 e. The van der Waals surface area contributed by atoms with Crippen molar-refractivity contribution in [3.05, 3.63) is 29.3 Å². The first kappa shape index (κ1) is 9.92. The zero-order chi connectivity index (χ0) is 9.84. The van der Waals surface area contributed by atoms with Gasteiger partial charge in [-0.25, -0.2) is 8.78 Å². The van der Waals surface area contributed by atoms with E-state index in [9.17, 15) is 8.78 Å². The van der Waals surface area contributed by atoms with E-state index in [0.29, 0.717) is 12.1 Å². The fourth-order valence-electron chi connectivity index (χ4n) is 1.16. The van der Waals surface area contributed by atoms with Crippen molar-refractivity contribution in [3.63, 3.8) is 0 Å². The SMILES string of the molecule is CNCc1cc(F)cc(F)c1OC. The zero-order valence-electron chi connectivity index (χ0n) is 7.53. The van der Waals surface area contributed by atoms with Gasteiger partial charge >= 0.3 is 0 Å². The Hall–Kier alpha value is -1.16. The summed E-state index contributed by atoms with van der Waals surface area (Å²) in [4.78, 5) is 0. The Morgan fingerprint density at radius 2 is 2.08 bits per heavy atom. The van der Waals surface area contributed by atoms with Gasteiger partial charge < -0.3 is 10.1 Å². The third-order valence-corrected chi connectivity index (χ3v) is 1.66. The Morgan fingerprint density at radius 1 is 1.38 bits per heavy atom. The second-order valence-corrected chi connectivity index (χ2v) is 2.61. The molecule has 0 fully saturated rings. The highest BCUT2D eigenvalue weighted by atomic mass is 19.1. The lowest BCUT2D eigenvalue weighted by Crippen LogP contribution is -2.08. The highest BCUT2D eigenvalue weighted by Crippen LogP contribution is 2.23. The molecule has 0 heterocycles. The monoisotopic (exact) mass is 187 g/mol. The topological polar surface area (TPSA) is 21.3 Å². The molecule has 4 heteroatoms. The van der Waals surface area contributed by atoms with Crippen LogP contribution in [0.4, 0.5) is 8.78 Å². The summed E-state index contributed by atoms with van der Waals surface area (Å²) >= 11 is 0. The van der Waals surface area contributed by atoms with Crippen LogP contribution < -0.4 is 10.1 Å². The van der Waals surface area contributed by atoms with Gasteiger partial charge in [-0.05, 0) is 13.1 Å². The van der Waals surface area contributed by atoms with E-state index in [-0.39, 0.29) is 5.75 Å². The van der Waals surface area contributed by atoms with E-state index < -0.39 is 11.6 Å². The van der Waals surface area contributed by atoms with Crippen LogP contribution in [-0.4, -0.2) is 14.2 Å². The van der Waals surface area contributed by atoms with Crippen molar-refractivity contribution >= 4 is 0 Å². The van der Waals surface area contributed by atoms with Gasteiger partial charge in [-0.15, -0.1) is 0 Å². The second-order valence-electron chi connectivity index (χ2n) is 2.61. The summed E-state index contributed by atoms with van der Waals surface area (Å²) < 4.78 is 30.6. The molecular weight excluding hydrogens is 176 g/mol. The molecule has 2 nitrogen and oxygen atoms in total. The van der Waals surface area contributed by atoms with Crippen LogP contribution in [-0.2, 0) is 6.54 Å². The van der Waals surface area contributed by atoms with Gasteiger partial charge in [-0.1, -0.05) is 0 Å². The molecule has 0 unspecified atom stereocenters. The van der Waals surface area contributed by atoms with Crippen molar-refractivity contribution in [2.45, 2.75) is 6.54 Å². The molecule has 0 aliphatic carbocycles. The van der Waals surface area contributed by atoms with Crippen molar-refractivity contribution in [2.24, 2.45) is 0 Å². The molecule has 1 aromatic rings. The summed E-state index contributed by atoms with van der Waals surface area (Å²) in [6, 6.07) is 2.05. The number of rotatable bonds is 3. The molecule has 13 heavy (non-hydrogen) atoms. The number of hydrogen-bond acceptors (Lipinski definition) is 2. The molecular formula is C9H11F2NO. The van der Waals surface area contributed by atoms with Crippen molar-refractivity contribution < 1.29 is 13.5 Å². The number of halogens is 2. The summed E-state index contributed by atoms with van der Waals surface area (Å²) in [7, 11) is 3.05. The highest BCUT2D eigenvalue weighted by molar-refractivity contribution is 5.35. The fourth-order valence-corrected chi connectivity index (χ4v) is 1.16. The molecule has 0 saturated carbocycles. The number of nitrogens with one attached hydrogen (secondary N) is 1. The van der Waals surface area contributed by atoms with Crippen LogP contribution >= 0.6 is 0 Å². The molecule has 0 atom stereocenters. The molecule has 0 spiro atoms. The van der Waals surface area contributed by atoms with Crippen molar-refractivity contribution in [2.75, 3.05) is 14.2 Å². The van der Waals surface area contributed by atoms with Crippen LogP contribution in [0.25, 0.3) is 0 Å². The summed E-state index contributed by atoms with van der Waals surface area (Å²) in [5, 5.41) is 2.80. The van der Waals surface area contributed by atoms with Gasteiger partial charge in [0.05, 0.1) is 7.11 Å². The minimum absolute atomic E-state index is 0.0933. The minimum Gasteiger partial charge on any atom is -0.493 e. The van der Waals surface area contributed by atoms with Crippen LogP contribution in [0.1, 0.15) is 5.56 Å². The molecule has 72 valence electrons. The van der Waals surface area contributed by atoms with Gasteiger partial charge in [0.15, 0.2) is 11.6 Å². The van der Waals surface area contributed by atoms with E-state index in [1.54, 1.807) is 7.05 Å². The first-order valence-corrected chi connectivity index (χ1v) is 3.85. The van der Waals surface area contributed by atoms with E-state index in [0.717, 1.165) is 6.07 Å². The Balaban J connectivity index is 3.13. The van der Waals surface area contributed by atoms with E-state index in [1.165, 1.54) is 13.2 Å². The van der Waals surface area contributed by atoms with Crippen LogP contribution in [0, 0.1) is 11.6 Å². The van der Waals surface area contributed by atoms with Gasteiger partial charge in [0.2, 0.25) is 0 Å². The molecule has 1 aromatic carbocycles. The Bertz CT molecular complexity index is 302. The normalized spacial score (nSPS) is 10.2. The second kappa shape index (κ2) is 4.18. The maximum Gasteiger partial charge on any atom is 0.168 e. The van der Waals surface area contributed by atoms with Gasteiger partial charge in [0.1, 0.15) is 5.82 Å². The first-order chi connectivity index (χ1) is 6.19. The molecule has 0 saturated heterocycles. The van der Waals surface area contributed by atoms with E-state index in [2.05, 4.69) is 5.32 Å². The summed E-state index contributed by atoms with van der Waals surface area (Å²) in [5.41, 5.74) is 0.475. The molecule has 0 aromatic heterocycles. The molecule has 0 radical (unpaired) electrons. The molecule has 1 rings (SSSR count). The molecule has 0 aliphatic heterocycles. The van der Waals surface area contributed by atoms with E-state index in [4.69, 9.17) is 4.74 Å². The molecule has 0 aliphatic rings. The number of hydrogen-bond donors (Lipinski definition) is 1. The number of benzene rings is 1. The van der Waals surface area contributed by atoms with Gasteiger partial charge in [-0.2, -0.15) is 0 Å². The average molecular weight is 187 g/mol. The predicted octanol–water partition coefficient (Wildman–Crippen LogP) is 1.69. The Kier molecular flexibility index (Phi) is 3.19. The number of methoxy groups -OCH3 is 1. The molecule has 1 N–H and O–H groups in total. The molecule has 0 amide bonds. The third-order valence-electron chi connectivity index (χ3n) is 1.66. The molecule has 0 bridgehead atoms. The van der Waals surface area contributed by atoms with Crippen LogP contribution in [0.5, 0.6) is 5.75 Å². The van der Waals surface area contributed by atoms with Crippen molar-refractivity contribution in [1.82, 2.24) is 5.32 Å². The minimum atomic E-state index is -0.673. The predicted molar refractivity (Wildman–Crippen MR) is 45.7 cm³/mol. The number of ether oxygens (including phenoxy) is 1. The van der Waals surface area contributed by atoms with Crippen molar-refractivity contribution in [3.8, 4) is 5.75 Å². The average Bonchev–Trinajstić information content (AvgIpc) is 2.04. The third kappa shape index (κ3) is 2.15. The lowest BCUT2D eigenvalue weighted by Gasteiger charge is -2.08. The van der Waals surface area contributed by atoms with Crippen LogP contribution in [0.15, 0.2) is 12.1 Å². The first-order valence-electron chi connectivity index (χ1n) is 3.85. The van der Waals surface area contributed by atoms with Gasteiger partial charge in [0, 0.05) is 18.2 Å². The Labute approximate surface area is 75.5 Å². The van der Waals surface area contributed by atoms with E-state index in [1.807, 2.05) is 0 Å². The quantitative estimate of drug-likeness (QED) is 0.777. The lowest BCUT2D eigenvalue weighted by atomic mass is 10.2. The maximum atomic E-state index is 13.0. The van der Waals surface area contributed by atoms with E-state index >= 15 is 0 Å². The maximum absolute atomic E-state index is 13.0. The summed E-state index contributed by atoms with van der Waals surface area (Å²) in [5.74, 6) is -1.17.